The van der Waals surface area contributed by atoms with Crippen LogP contribution in [-0.4, -0.2) is 40.2 Å². The molecule has 0 spiro atoms. The van der Waals surface area contributed by atoms with E-state index in [1.807, 2.05) is 37.3 Å². The minimum Gasteiger partial charge on any atom is -0.465 e. The molecule has 1 atom stereocenters. The van der Waals surface area contributed by atoms with E-state index in [0.29, 0.717) is 19.3 Å². The molecule has 0 aromatic heterocycles. The summed E-state index contributed by atoms with van der Waals surface area (Å²) in [6.45, 7) is 2.17. The van der Waals surface area contributed by atoms with Gasteiger partial charge in [-0.25, -0.2) is 9.59 Å². The Balaban J connectivity index is 2.09. The zero-order valence-electron chi connectivity index (χ0n) is 17.8. The monoisotopic (exact) mass is 448 g/mol. The highest BCUT2D eigenvalue weighted by Crippen LogP contribution is 2.19. The number of carbonyl (C=O) groups excluding carboxylic acids is 2. The van der Waals surface area contributed by atoms with E-state index in [9.17, 15) is 18.0 Å². The van der Waals surface area contributed by atoms with Gasteiger partial charge in [-0.1, -0.05) is 43.7 Å². The molecule has 0 unspecified atom stereocenters. The van der Waals surface area contributed by atoms with Crippen molar-refractivity contribution in [3.05, 3.63) is 65.7 Å². The molecule has 0 aliphatic carbocycles. The maximum Gasteiger partial charge on any atom is 0.337 e. The van der Waals surface area contributed by atoms with Crippen molar-refractivity contribution in [2.24, 2.45) is 0 Å². The van der Waals surface area contributed by atoms with Crippen molar-refractivity contribution in [1.82, 2.24) is 0 Å². The highest BCUT2D eigenvalue weighted by atomic mass is 32.2. The first-order valence-electron chi connectivity index (χ1n) is 10.2. The van der Waals surface area contributed by atoms with Crippen molar-refractivity contribution in [3.63, 3.8) is 0 Å². The van der Waals surface area contributed by atoms with E-state index in [-0.39, 0.29) is 23.5 Å². The van der Waals surface area contributed by atoms with Gasteiger partial charge in [0.15, 0.2) is 6.10 Å². The number of methoxy groups -OCH3 is 1. The van der Waals surface area contributed by atoms with E-state index in [2.05, 4.69) is 4.74 Å². The molecule has 168 valence electrons. The normalized spacial score (nSPS) is 12.2. The fourth-order valence-electron chi connectivity index (χ4n) is 2.84. The fourth-order valence-corrected chi connectivity index (χ4v) is 3.90. The maximum absolute atomic E-state index is 12.7. The summed E-state index contributed by atoms with van der Waals surface area (Å²) in [7, 11) is -3.00. The van der Waals surface area contributed by atoms with Gasteiger partial charge in [-0.2, -0.15) is 8.42 Å². The van der Waals surface area contributed by atoms with Crippen LogP contribution in [0.5, 0.6) is 0 Å². The largest absolute Gasteiger partial charge is 0.465 e. The molecule has 7 nitrogen and oxygen atoms in total. The summed E-state index contributed by atoms with van der Waals surface area (Å²) < 4.78 is 40.5. The summed E-state index contributed by atoms with van der Waals surface area (Å²) in [5.74, 6) is -1.28. The van der Waals surface area contributed by atoms with Gasteiger partial charge in [-0.05, 0) is 55.5 Å². The van der Waals surface area contributed by atoms with Gasteiger partial charge >= 0.3 is 11.9 Å². The standard InChI is InChI=1S/C23H28O7S/c1-3-4-17-29-23(25)21(12-8-11-18-9-6-5-7-10-18)30-31(26,27)20-15-13-19(14-16-20)22(24)28-2/h5-7,9-10,13-16,21H,3-4,8,11-12,17H2,1-2H3/t21-/m1/s1. The van der Waals surface area contributed by atoms with E-state index in [1.54, 1.807) is 0 Å². The van der Waals surface area contributed by atoms with Crippen LogP contribution in [0.3, 0.4) is 0 Å². The quantitative estimate of drug-likeness (QED) is 0.276. The number of esters is 2. The number of hydrogen-bond donors (Lipinski definition) is 0. The first-order valence-corrected chi connectivity index (χ1v) is 11.6. The summed E-state index contributed by atoms with van der Waals surface area (Å²) in [5, 5.41) is 0. The Bertz CT molecular complexity index is 938. The lowest BCUT2D eigenvalue weighted by atomic mass is 10.1. The molecular weight excluding hydrogens is 420 g/mol. The van der Waals surface area contributed by atoms with Crippen molar-refractivity contribution in [1.29, 1.82) is 0 Å². The summed E-state index contributed by atoms with van der Waals surface area (Å²) >= 11 is 0. The highest BCUT2D eigenvalue weighted by molar-refractivity contribution is 7.86. The zero-order chi connectivity index (χ0) is 22.7. The lowest BCUT2D eigenvalue weighted by molar-refractivity contribution is -0.152. The van der Waals surface area contributed by atoms with Gasteiger partial charge in [0.1, 0.15) is 0 Å². The maximum atomic E-state index is 12.7. The number of ether oxygens (including phenoxy) is 2. The van der Waals surface area contributed by atoms with Crippen LogP contribution < -0.4 is 0 Å². The van der Waals surface area contributed by atoms with E-state index < -0.39 is 28.2 Å². The Morgan fingerprint density at radius 1 is 0.968 bits per heavy atom. The fraction of sp³-hybridized carbons (Fsp3) is 0.391. The van der Waals surface area contributed by atoms with Crippen LogP contribution in [0.1, 0.15) is 48.5 Å². The van der Waals surface area contributed by atoms with Crippen LogP contribution in [0.15, 0.2) is 59.5 Å². The van der Waals surface area contributed by atoms with E-state index in [1.165, 1.54) is 31.4 Å². The molecule has 31 heavy (non-hydrogen) atoms. The first-order chi connectivity index (χ1) is 14.9. The summed E-state index contributed by atoms with van der Waals surface area (Å²) in [6, 6.07) is 14.8. The van der Waals surface area contributed by atoms with Crippen LogP contribution in [-0.2, 0) is 35.0 Å². The highest BCUT2D eigenvalue weighted by Gasteiger charge is 2.28. The first kappa shape index (κ1) is 24.6. The lowest BCUT2D eigenvalue weighted by Gasteiger charge is -2.17. The zero-order valence-corrected chi connectivity index (χ0v) is 18.6. The van der Waals surface area contributed by atoms with Gasteiger partial charge in [-0.15, -0.1) is 0 Å². The summed E-state index contributed by atoms with van der Waals surface area (Å²) in [5.41, 5.74) is 1.29. The number of carbonyl (C=O) groups is 2. The number of aryl methyl sites for hydroxylation is 1. The molecule has 0 aliphatic rings. The lowest BCUT2D eigenvalue weighted by Crippen LogP contribution is -2.30. The van der Waals surface area contributed by atoms with E-state index in [4.69, 9.17) is 8.92 Å². The third kappa shape index (κ3) is 7.80. The summed E-state index contributed by atoms with van der Waals surface area (Å²) in [6.07, 6.45) is 1.71. The third-order valence-corrected chi connectivity index (χ3v) is 5.92. The van der Waals surface area contributed by atoms with Gasteiger partial charge in [0.05, 0.1) is 24.2 Å². The van der Waals surface area contributed by atoms with Gasteiger partial charge in [0.25, 0.3) is 10.1 Å². The summed E-state index contributed by atoms with van der Waals surface area (Å²) in [4.78, 5) is 23.9. The Morgan fingerprint density at radius 3 is 2.26 bits per heavy atom. The second-order valence-electron chi connectivity index (χ2n) is 6.95. The predicted molar refractivity (Wildman–Crippen MR) is 115 cm³/mol. The Hall–Kier alpha value is -2.71. The van der Waals surface area contributed by atoms with Gasteiger partial charge in [0.2, 0.25) is 0 Å². The molecule has 2 aromatic rings. The van der Waals surface area contributed by atoms with Crippen molar-refractivity contribution >= 4 is 22.1 Å². The molecule has 0 N–H and O–H groups in total. The van der Waals surface area contributed by atoms with Gasteiger partial charge < -0.3 is 9.47 Å². The van der Waals surface area contributed by atoms with Gasteiger partial charge in [-0.3, -0.25) is 4.18 Å². The molecular formula is C23H28O7S. The van der Waals surface area contributed by atoms with Crippen LogP contribution in [0, 0.1) is 0 Å². The molecule has 2 aromatic carbocycles. The Kier molecular flexibility index (Phi) is 9.68. The van der Waals surface area contributed by atoms with Gasteiger partial charge in [0, 0.05) is 0 Å². The smallest absolute Gasteiger partial charge is 0.337 e. The number of benzene rings is 2. The predicted octanol–water partition coefficient (Wildman–Crippen LogP) is 3.91. The average molecular weight is 449 g/mol. The molecule has 0 fully saturated rings. The Labute approximate surface area is 183 Å². The minimum atomic E-state index is -4.23. The van der Waals surface area contributed by atoms with Crippen molar-refractivity contribution < 1.29 is 31.7 Å². The number of unbranched alkanes of at least 4 members (excludes halogenated alkanes) is 1. The molecule has 8 heteroatoms. The molecule has 0 saturated heterocycles. The molecule has 0 heterocycles. The van der Waals surface area contributed by atoms with Crippen molar-refractivity contribution in [3.8, 4) is 0 Å². The number of rotatable bonds is 12. The van der Waals surface area contributed by atoms with Crippen LogP contribution in [0.4, 0.5) is 0 Å². The SMILES string of the molecule is CCCCOC(=O)[C@@H](CCCc1ccccc1)OS(=O)(=O)c1ccc(C(=O)OC)cc1. The second-order valence-corrected chi connectivity index (χ2v) is 8.53. The molecule has 0 bridgehead atoms. The van der Waals surface area contributed by atoms with E-state index >= 15 is 0 Å². The average Bonchev–Trinajstić information content (AvgIpc) is 2.78. The second kappa shape index (κ2) is 12.2. The molecule has 0 saturated carbocycles. The van der Waals surface area contributed by atoms with E-state index in [0.717, 1.165) is 12.0 Å². The molecule has 0 aliphatic heterocycles. The van der Waals surface area contributed by atoms with Crippen LogP contribution >= 0.6 is 0 Å². The number of hydrogen-bond acceptors (Lipinski definition) is 7. The molecule has 0 radical (unpaired) electrons. The van der Waals surface area contributed by atoms with Crippen LogP contribution in [0.25, 0.3) is 0 Å². The van der Waals surface area contributed by atoms with Crippen molar-refractivity contribution in [2.45, 2.75) is 50.0 Å². The topological polar surface area (TPSA) is 96.0 Å². The van der Waals surface area contributed by atoms with Crippen molar-refractivity contribution in [2.75, 3.05) is 13.7 Å². The third-order valence-electron chi connectivity index (χ3n) is 4.59. The van der Waals surface area contributed by atoms with Crippen LogP contribution in [0.2, 0.25) is 0 Å². The Morgan fingerprint density at radius 2 is 1.65 bits per heavy atom. The molecule has 2 rings (SSSR count). The minimum absolute atomic E-state index is 0.158. The molecule has 0 amide bonds.